The van der Waals surface area contributed by atoms with Crippen LogP contribution in [0.3, 0.4) is 0 Å². The normalized spacial score (nSPS) is 28.3. The third-order valence-corrected chi connectivity index (χ3v) is 4.45. The van der Waals surface area contributed by atoms with E-state index < -0.39 is 0 Å². The molecule has 100 valence electrons. The Balaban J connectivity index is 1.97. The molecule has 18 heavy (non-hydrogen) atoms. The van der Waals surface area contributed by atoms with Crippen LogP contribution in [0.2, 0.25) is 0 Å². The van der Waals surface area contributed by atoms with E-state index in [0.717, 1.165) is 25.3 Å². The molecule has 0 aliphatic heterocycles. The average Bonchev–Trinajstić information content (AvgIpc) is 2.40. The summed E-state index contributed by atoms with van der Waals surface area (Å²) in [5, 5.41) is 13.3. The SMILES string of the molecule is Cc1ccccc1CNC1(CO)CCC(C)CC1. The van der Waals surface area contributed by atoms with Gasteiger partial charge < -0.3 is 10.4 Å². The summed E-state index contributed by atoms with van der Waals surface area (Å²) in [5.41, 5.74) is 2.61. The van der Waals surface area contributed by atoms with Crippen LogP contribution in [0.25, 0.3) is 0 Å². The van der Waals surface area contributed by atoms with Crippen molar-refractivity contribution < 1.29 is 5.11 Å². The number of aliphatic hydroxyl groups is 1. The Morgan fingerprint density at radius 3 is 2.56 bits per heavy atom. The number of hydrogen-bond donors (Lipinski definition) is 2. The van der Waals surface area contributed by atoms with E-state index in [1.807, 2.05) is 0 Å². The van der Waals surface area contributed by atoms with Gasteiger partial charge in [-0.05, 0) is 49.7 Å². The molecule has 0 aromatic heterocycles. The molecule has 0 bridgehead atoms. The van der Waals surface area contributed by atoms with Crippen molar-refractivity contribution in [2.24, 2.45) is 5.92 Å². The van der Waals surface area contributed by atoms with E-state index >= 15 is 0 Å². The Kier molecular flexibility index (Phi) is 4.41. The van der Waals surface area contributed by atoms with Crippen LogP contribution in [0.4, 0.5) is 0 Å². The highest BCUT2D eigenvalue weighted by Crippen LogP contribution is 2.31. The summed E-state index contributed by atoms with van der Waals surface area (Å²) < 4.78 is 0. The van der Waals surface area contributed by atoms with Gasteiger partial charge in [-0.25, -0.2) is 0 Å². The minimum absolute atomic E-state index is 0.0468. The summed E-state index contributed by atoms with van der Waals surface area (Å²) >= 11 is 0. The number of nitrogens with one attached hydrogen (secondary N) is 1. The molecule has 0 atom stereocenters. The molecule has 1 aliphatic carbocycles. The van der Waals surface area contributed by atoms with Gasteiger partial charge in [-0.1, -0.05) is 31.2 Å². The first kappa shape index (κ1) is 13.6. The summed E-state index contributed by atoms with van der Waals surface area (Å²) in [6, 6.07) is 8.46. The average molecular weight is 247 g/mol. The fraction of sp³-hybridized carbons (Fsp3) is 0.625. The van der Waals surface area contributed by atoms with Crippen molar-refractivity contribution in [1.29, 1.82) is 0 Å². The third-order valence-electron chi connectivity index (χ3n) is 4.45. The van der Waals surface area contributed by atoms with Crippen LogP contribution in [0.1, 0.15) is 43.7 Å². The van der Waals surface area contributed by atoms with Crippen LogP contribution in [-0.2, 0) is 6.54 Å². The van der Waals surface area contributed by atoms with Crippen LogP contribution in [-0.4, -0.2) is 17.3 Å². The van der Waals surface area contributed by atoms with Crippen molar-refractivity contribution in [2.75, 3.05) is 6.61 Å². The quantitative estimate of drug-likeness (QED) is 0.857. The fourth-order valence-corrected chi connectivity index (χ4v) is 2.80. The minimum atomic E-state index is -0.0468. The zero-order valence-electron chi connectivity index (χ0n) is 11.6. The zero-order chi connectivity index (χ0) is 13.0. The van der Waals surface area contributed by atoms with E-state index in [4.69, 9.17) is 0 Å². The predicted molar refractivity (Wildman–Crippen MR) is 75.5 cm³/mol. The minimum Gasteiger partial charge on any atom is -0.394 e. The van der Waals surface area contributed by atoms with Crippen molar-refractivity contribution in [2.45, 2.75) is 51.6 Å². The lowest BCUT2D eigenvalue weighted by Crippen LogP contribution is -2.50. The molecule has 0 heterocycles. The van der Waals surface area contributed by atoms with Crippen LogP contribution in [0.15, 0.2) is 24.3 Å². The van der Waals surface area contributed by atoms with E-state index in [2.05, 4.69) is 43.4 Å². The van der Waals surface area contributed by atoms with Crippen molar-refractivity contribution in [3.8, 4) is 0 Å². The number of aliphatic hydroxyl groups excluding tert-OH is 1. The van der Waals surface area contributed by atoms with Gasteiger partial charge in [0.25, 0.3) is 0 Å². The lowest BCUT2D eigenvalue weighted by molar-refractivity contribution is 0.104. The smallest absolute Gasteiger partial charge is 0.0613 e. The molecule has 1 aromatic carbocycles. The second-order valence-corrected chi connectivity index (χ2v) is 5.90. The Bertz CT molecular complexity index is 380. The molecule has 2 nitrogen and oxygen atoms in total. The number of rotatable bonds is 4. The van der Waals surface area contributed by atoms with Gasteiger partial charge in [-0.2, -0.15) is 0 Å². The van der Waals surface area contributed by atoms with E-state index in [-0.39, 0.29) is 12.1 Å². The topological polar surface area (TPSA) is 32.3 Å². The maximum atomic E-state index is 9.71. The summed E-state index contributed by atoms with van der Waals surface area (Å²) in [5.74, 6) is 0.810. The zero-order valence-corrected chi connectivity index (χ0v) is 11.6. The molecule has 1 aromatic rings. The highest BCUT2D eigenvalue weighted by Gasteiger charge is 2.32. The van der Waals surface area contributed by atoms with Gasteiger partial charge in [0, 0.05) is 12.1 Å². The van der Waals surface area contributed by atoms with Crippen molar-refractivity contribution in [1.82, 2.24) is 5.32 Å². The Hall–Kier alpha value is -0.860. The van der Waals surface area contributed by atoms with Crippen LogP contribution < -0.4 is 5.32 Å². The molecule has 0 unspecified atom stereocenters. The summed E-state index contributed by atoms with van der Waals surface area (Å²) in [6.07, 6.45) is 4.63. The van der Waals surface area contributed by atoms with Gasteiger partial charge in [0.05, 0.1) is 6.61 Å². The van der Waals surface area contributed by atoms with Crippen LogP contribution >= 0.6 is 0 Å². The molecule has 0 saturated heterocycles. The fourth-order valence-electron chi connectivity index (χ4n) is 2.80. The summed E-state index contributed by atoms with van der Waals surface area (Å²) in [7, 11) is 0. The second kappa shape index (κ2) is 5.85. The predicted octanol–water partition coefficient (Wildman–Crippen LogP) is 3.03. The summed E-state index contributed by atoms with van der Waals surface area (Å²) in [6.45, 7) is 5.57. The van der Waals surface area contributed by atoms with Gasteiger partial charge in [-0.15, -0.1) is 0 Å². The van der Waals surface area contributed by atoms with E-state index in [9.17, 15) is 5.11 Å². The van der Waals surface area contributed by atoms with Gasteiger partial charge in [0.15, 0.2) is 0 Å². The molecule has 2 N–H and O–H groups in total. The molecule has 1 saturated carbocycles. The first-order chi connectivity index (χ1) is 8.65. The lowest BCUT2D eigenvalue weighted by atomic mass is 9.77. The molecule has 2 heteroatoms. The van der Waals surface area contributed by atoms with Gasteiger partial charge in [-0.3, -0.25) is 0 Å². The molecule has 0 amide bonds. The number of hydrogen-bond acceptors (Lipinski definition) is 2. The highest BCUT2D eigenvalue weighted by molar-refractivity contribution is 5.25. The first-order valence-electron chi connectivity index (χ1n) is 7.06. The van der Waals surface area contributed by atoms with Crippen molar-refractivity contribution in [3.05, 3.63) is 35.4 Å². The largest absolute Gasteiger partial charge is 0.394 e. The van der Waals surface area contributed by atoms with Crippen molar-refractivity contribution in [3.63, 3.8) is 0 Å². The van der Waals surface area contributed by atoms with E-state index in [0.29, 0.717) is 0 Å². The van der Waals surface area contributed by atoms with Crippen LogP contribution in [0, 0.1) is 12.8 Å². The Morgan fingerprint density at radius 1 is 1.28 bits per heavy atom. The Labute approximate surface area is 110 Å². The van der Waals surface area contributed by atoms with E-state index in [1.54, 1.807) is 0 Å². The van der Waals surface area contributed by atoms with Crippen molar-refractivity contribution >= 4 is 0 Å². The Morgan fingerprint density at radius 2 is 1.94 bits per heavy atom. The number of benzene rings is 1. The van der Waals surface area contributed by atoms with Gasteiger partial charge >= 0.3 is 0 Å². The molecule has 0 radical (unpaired) electrons. The molecular formula is C16H25NO. The maximum Gasteiger partial charge on any atom is 0.0613 e. The molecular weight excluding hydrogens is 222 g/mol. The standard InChI is InChI=1S/C16H25NO/c1-13-7-9-16(12-18,10-8-13)17-11-15-6-4-3-5-14(15)2/h3-6,13,17-18H,7-12H2,1-2H3. The number of aryl methyl sites for hydroxylation is 1. The molecule has 0 spiro atoms. The second-order valence-electron chi connectivity index (χ2n) is 5.90. The van der Waals surface area contributed by atoms with Gasteiger partial charge in [0.2, 0.25) is 0 Å². The highest BCUT2D eigenvalue weighted by atomic mass is 16.3. The maximum absolute atomic E-state index is 9.71. The van der Waals surface area contributed by atoms with Crippen LogP contribution in [0.5, 0.6) is 0 Å². The molecule has 1 aliphatic rings. The third kappa shape index (κ3) is 3.12. The van der Waals surface area contributed by atoms with E-state index in [1.165, 1.54) is 24.0 Å². The molecule has 2 rings (SSSR count). The molecule has 1 fully saturated rings. The monoisotopic (exact) mass is 247 g/mol. The lowest BCUT2D eigenvalue weighted by Gasteiger charge is -2.39. The van der Waals surface area contributed by atoms with Gasteiger partial charge in [0.1, 0.15) is 0 Å². The first-order valence-corrected chi connectivity index (χ1v) is 7.06. The summed E-state index contributed by atoms with van der Waals surface area (Å²) in [4.78, 5) is 0.